The molecule has 1 unspecified atom stereocenters. The van der Waals surface area contributed by atoms with Gasteiger partial charge >= 0.3 is 0 Å². The number of ether oxygens (including phenoxy) is 1. The smallest absolute Gasteiger partial charge is 0.219 e. The Hall–Kier alpha value is -4.15. The van der Waals surface area contributed by atoms with Crippen LogP contribution in [0.2, 0.25) is 5.02 Å². The SMILES string of the molecule is Clc1ccccc1C1CC(c2ccc(Oc3ccc4ccccc4n3)cc2)=NN1c1ccccc1. The lowest BCUT2D eigenvalue weighted by Crippen LogP contribution is -2.18. The highest BCUT2D eigenvalue weighted by atomic mass is 35.5. The second-order valence-electron chi connectivity index (χ2n) is 8.44. The lowest BCUT2D eigenvalue weighted by Gasteiger charge is -2.24. The molecule has 1 aromatic heterocycles. The van der Waals surface area contributed by atoms with Crippen molar-refractivity contribution in [1.82, 2.24) is 4.98 Å². The van der Waals surface area contributed by atoms with Gasteiger partial charge in [-0.1, -0.05) is 66.2 Å². The van der Waals surface area contributed by atoms with Crippen LogP contribution in [0.15, 0.2) is 120 Å². The summed E-state index contributed by atoms with van der Waals surface area (Å²) in [4.78, 5) is 4.60. The third-order valence-electron chi connectivity index (χ3n) is 6.18. The Morgan fingerprint density at radius 3 is 2.31 bits per heavy atom. The molecule has 6 rings (SSSR count). The zero-order valence-corrected chi connectivity index (χ0v) is 19.6. The van der Waals surface area contributed by atoms with Gasteiger partial charge in [0.05, 0.1) is 23.0 Å². The highest BCUT2D eigenvalue weighted by Gasteiger charge is 2.31. The molecule has 0 bridgehead atoms. The number of hydrogen-bond acceptors (Lipinski definition) is 4. The lowest BCUT2D eigenvalue weighted by atomic mass is 9.98. The van der Waals surface area contributed by atoms with Gasteiger partial charge in [0.2, 0.25) is 5.88 Å². The predicted molar refractivity (Wildman–Crippen MR) is 143 cm³/mol. The molecule has 0 fully saturated rings. The van der Waals surface area contributed by atoms with Crippen molar-refractivity contribution < 1.29 is 4.74 Å². The van der Waals surface area contributed by atoms with Crippen molar-refractivity contribution >= 4 is 33.9 Å². The molecule has 1 aliphatic rings. The quantitative estimate of drug-likeness (QED) is 0.258. The molecule has 1 aliphatic heterocycles. The van der Waals surface area contributed by atoms with Crippen molar-refractivity contribution in [2.75, 3.05) is 5.01 Å². The van der Waals surface area contributed by atoms with Gasteiger partial charge in [-0.3, -0.25) is 5.01 Å². The van der Waals surface area contributed by atoms with Crippen LogP contribution in [-0.2, 0) is 0 Å². The van der Waals surface area contributed by atoms with Gasteiger partial charge < -0.3 is 4.74 Å². The van der Waals surface area contributed by atoms with E-state index >= 15 is 0 Å². The summed E-state index contributed by atoms with van der Waals surface area (Å²) in [5, 5.41) is 8.92. The number of anilines is 1. The van der Waals surface area contributed by atoms with Crippen molar-refractivity contribution in [2.24, 2.45) is 5.10 Å². The normalized spacial score (nSPS) is 15.3. The lowest BCUT2D eigenvalue weighted by molar-refractivity contribution is 0.465. The standard InChI is InChI=1S/C30H22ClN3O/c31-26-12-6-5-11-25(26)29-20-28(33-34(29)23-9-2-1-3-10-23)22-14-17-24(18-15-22)35-30-19-16-21-8-4-7-13-27(21)32-30/h1-19,29H,20H2. The van der Waals surface area contributed by atoms with E-state index in [-0.39, 0.29) is 6.04 Å². The van der Waals surface area contributed by atoms with Gasteiger partial charge in [-0.2, -0.15) is 5.10 Å². The van der Waals surface area contributed by atoms with E-state index in [1.54, 1.807) is 0 Å². The number of rotatable bonds is 5. The van der Waals surface area contributed by atoms with Crippen LogP contribution < -0.4 is 9.75 Å². The fourth-order valence-electron chi connectivity index (χ4n) is 4.43. The summed E-state index contributed by atoms with van der Waals surface area (Å²) >= 11 is 6.58. The predicted octanol–water partition coefficient (Wildman–Crippen LogP) is 8.04. The van der Waals surface area contributed by atoms with Crippen molar-refractivity contribution in [3.05, 3.63) is 131 Å². The number of fused-ring (bicyclic) bond motifs is 1. The fourth-order valence-corrected chi connectivity index (χ4v) is 4.69. The van der Waals surface area contributed by atoms with Crippen molar-refractivity contribution in [3.63, 3.8) is 0 Å². The Labute approximate surface area is 209 Å². The maximum atomic E-state index is 6.58. The van der Waals surface area contributed by atoms with Crippen molar-refractivity contribution in [2.45, 2.75) is 12.5 Å². The highest BCUT2D eigenvalue weighted by Crippen LogP contribution is 2.39. The second kappa shape index (κ2) is 9.24. The van der Waals surface area contributed by atoms with E-state index in [0.29, 0.717) is 5.88 Å². The topological polar surface area (TPSA) is 37.7 Å². The number of hydrogen-bond donors (Lipinski definition) is 0. The molecule has 1 atom stereocenters. The first-order valence-electron chi connectivity index (χ1n) is 11.5. The number of benzene rings is 4. The maximum absolute atomic E-state index is 6.58. The minimum Gasteiger partial charge on any atom is -0.439 e. The van der Waals surface area contributed by atoms with E-state index in [4.69, 9.17) is 21.4 Å². The van der Waals surface area contributed by atoms with Crippen LogP contribution in [0.4, 0.5) is 5.69 Å². The molecule has 5 heteroatoms. The second-order valence-corrected chi connectivity index (χ2v) is 8.84. The monoisotopic (exact) mass is 475 g/mol. The molecule has 0 saturated carbocycles. The molecule has 0 spiro atoms. The minimum absolute atomic E-state index is 0.0267. The van der Waals surface area contributed by atoms with Crippen LogP contribution in [0, 0.1) is 0 Å². The first-order chi connectivity index (χ1) is 17.2. The third-order valence-corrected chi connectivity index (χ3v) is 6.52. The van der Waals surface area contributed by atoms with E-state index < -0.39 is 0 Å². The molecule has 170 valence electrons. The third kappa shape index (κ3) is 4.36. The van der Waals surface area contributed by atoms with Crippen LogP contribution >= 0.6 is 11.6 Å². The largest absolute Gasteiger partial charge is 0.439 e. The van der Waals surface area contributed by atoms with Crippen LogP contribution in [0.25, 0.3) is 10.9 Å². The fraction of sp³-hybridized carbons (Fsp3) is 0.0667. The van der Waals surface area contributed by atoms with Crippen LogP contribution in [0.5, 0.6) is 11.6 Å². The van der Waals surface area contributed by atoms with Crippen molar-refractivity contribution in [1.29, 1.82) is 0 Å². The van der Waals surface area contributed by atoms with Crippen LogP contribution in [0.3, 0.4) is 0 Å². The summed E-state index contributed by atoms with van der Waals surface area (Å²) in [6, 6.07) is 38.2. The zero-order chi connectivity index (χ0) is 23.6. The number of hydrazone groups is 1. The van der Waals surface area contributed by atoms with Crippen LogP contribution in [0.1, 0.15) is 23.6 Å². The summed E-state index contributed by atoms with van der Waals surface area (Å²) < 4.78 is 6.02. The van der Waals surface area contributed by atoms with E-state index in [9.17, 15) is 0 Å². The molecule has 35 heavy (non-hydrogen) atoms. The Balaban J connectivity index is 1.27. The molecule has 0 saturated heterocycles. The molecular weight excluding hydrogens is 454 g/mol. The first-order valence-corrected chi connectivity index (χ1v) is 11.9. The summed E-state index contributed by atoms with van der Waals surface area (Å²) in [5.74, 6) is 1.31. The average Bonchev–Trinajstić information content (AvgIpc) is 3.35. The van der Waals surface area contributed by atoms with E-state index in [2.05, 4.69) is 28.2 Å². The van der Waals surface area contributed by atoms with Gasteiger partial charge in [0.1, 0.15) is 5.75 Å². The molecule has 4 nitrogen and oxygen atoms in total. The van der Waals surface area contributed by atoms with Crippen LogP contribution in [-0.4, -0.2) is 10.7 Å². The summed E-state index contributed by atoms with van der Waals surface area (Å²) in [6.07, 6.45) is 0.755. The molecule has 5 aromatic rings. The Kier molecular flexibility index (Phi) is 5.65. The molecule has 0 radical (unpaired) electrons. The van der Waals surface area contributed by atoms with Gasteiger partial charge in [-0.05, 0) is 65.7 Å². The van der Waals surface area contributed by atoms with Gasteiger partial charge in [0.25, 0.3) is 0 Å². The van der Waals surface area contributed by atoms with E-state index in [1.807, 2.05) is 97.1 Å². The summed E-state index contributed by atoms with van der Waals surface area (Å²) in [7, 11) is 0. The number of halogens is 1. The first kappa shape index (κ1) is 21.4. The number of nitrogens with zero attached hydrogens (tertiary/aromatic N) is 3. The zero-order valence-electron chi connectivity index (χ0n) is 18.9. The van der Waals surface area contributed by atoms with Gasteiger partial charge in [0, 0.05) is 22.9 Å². The molecule has 4 aromatic carbocycles. The molecule has 2 heterocycles. The van der Waals surface area contributed by atoms with E-state index in [1.165, 1.54) is 0 Å². The molecule has 0 N–H and O–H groups in total. The molecule has 0 amide bonds. The minimum atomic E-state index is 0.0267. The van der Waals surface area contributed by atoms with Gasteiger partial charge in [-0.15, -0.1) is 0 Å². The molecule has 0 aliphatic carbocycles. The van der Waals surface area contributed by atoms with E-state index in [0.717, 1.165) is 50.6 Å². The maximum Gasteiger partial charge on any atom is 0.219 e. The van der Waals surface area contributed by atoms with Gasteiger partial charge in [-0.25, -0.2) is 4.98 Å². The average molecular weight is 476 g/mol. The summed E-state index contributed by atoms with van der Waals surface area (Å²) in [5.41, 5.74) is 5.08. The molecular formula is C30H22ClN3O. The van der Waals surface area contributed by atoms with Gasteiger partial charge in [0.15, 0.2) is 0 Å². The Morgan fingerprint density at radius 2 is 1.49 bits per heavy atom. The highest BCUT2D eigenvalue weighted by molar-refractivity contribution is 6.31. The number of para-hydroxylation sites is 2. The Bertz CT molecular complexity index is 1520. The number of aromatic nitrogens is 1. The number of pyridine rings is 1. The summed E-state index contributed by atoms with van der Waals surface area (Å²) in [6.45, 7) is 0. The Morgan fingerprint density at radius 1 is 0.743 bits per heavy atom. The van der Waals surface area contributed by atoms with Crippen molar-refractivity contribution in [3.8, 4) is 11.6 Å².